The van der Waals surface area contributed by atoms with Gasteiger partial charge in [0, 0.05) is 11.6 Å². The van der Waals surface area contributed by atoms with Crippen molar-refractivity contribution in [2.45, 2.75) is 96.4 Å². The molecule has 0 radical (unpaired) electrons. The standard InChI is InChI=1S/C31H41N4O9P/c1-7-8-18-39-27(36)19(2)34-45(38,43-23-15-11-13-21-12-9-10-14-22(21)23)42-20(3)25-26-31(6,44-30(4,5)41-26)28(40-25)35-17-16-24(32)33-29(35)37/h9-17,19-20,25-26,28H,7-8,18H2,1-6H3,(H,34,38)(H2,32,33,37)/t19-,20+,25+,26+,28+,31+,45?/m0/s1. The quantitative estimate of drug-likeness (QED) is 0.159. The molecule has 2 aliphatic heterocycles. The molecule has 0 spiro atoms. The summed E-state index contributed by atoms with van der Waals surface area (Å²) in [6.45, 7) is 10.7. The molecule has 45 heavy (non-hydrogen) atoms. The molecule has 14 heteroatoms. The average molecular weight is 645 g/mol. The van der Waals surface area contributed by atoms with Crippen LogP contribution < -0.4 is 21.0 Å². The van der Waals surface area contributed by atoms with Crippen molar-refractivity contribution in [3.8, 4) is 5.75 Å². The molecule has 1 aromatic heterocycles. The van der Waals surface area contributed by atoms with Gasteiger partial charge in [0.05, 0.1) is 12.7 Å². The van der Waals surface area contributed by atoms with Crippen LogP contribution in [0.2, 0.25) is 0 Å². The second-order valence-electron chi connectivity index (χ2n) is 12.0. The SMILES string of the molecule is CCCCOC(=O)[C@H](C)NP(=O)(Oc1cccc2ccccc12)O[C@H](C)[C@H]1O[C@@H](n2ccc(N)nc2=O)[C@]2(C)OC(C)(C)O[C@H]12. The normalized spacial score (nSPS) is 26.6. The number of nitrogens with one attached hydrogen (secondary N) is 1. The molecule has 0 saturated carbocycles. The number of rotatable bonds is 12. The maximum Gasteiger partial charge on any atom is 0.459 e. The lowest BCUT2D eigenvalue weighted by Crippen LogP contribution is -2.46. The number of nitrogens with zero attached hydrogens (tertiary/aromatic N) is 2. The highest BCUT2D eigenvalue weighted by Gasteiger charge is 2.66. The van der Waals surface area contributed by atoms with Crippen LogP contribution in [-0.2, 0) is 32.8 Å². The Balaban J connectivity index is 1.46. The Hall–Kier alpha value is -3.32. The molecule has 3 N–H and O–H groups in total. The minimum atomic E-state index is -4.33. The van der Waals surface area contributed by atoms with Gasteiger partial charge in [0.2, 0.25) is 0 Å². The molecule has 0 amide bonds. The Labute approximate surface area is 261 Å². The summed E-state index contributed by atoms with van der Waals surface area (Å²) in [5.41, 5.74) is 3.92. The number of nitrogen functional groups attached to an aromatic ring is 1. The van der Waals surface area contributed by atoms with E-state index in [9.17, 15) is 14.2 Å². The number of nitrogens with two attached hydrogens (primary N) is 1. The summed E-state index contributed by atoms with van der Waals surface area (Å²) in [4.78, 5) is 29.5. The third-order valence-electron chi connectivity index (χ3n) is 7.80. The molecule has 2 saturated heterocycles. The highest BCUT2D eigenvalue weighted by atomic mass is 31.2. The number of unbranched alkanes of at least 4 members (excludes halogenated alkanes) is 1. The molecule has 2 aromatic carbocycles. The van der Waals surface area contributed by atoms with Gasteiger partial charge in [0.25, 0.3) is 0 Å². The van der Waals surface area contributed by atoms with Crippen molar-refractivity contribution >= 4 is 30.3 Å². The van der Waals surface area contributed by atoms with E-state index in [2.05, 4.69) is 10.1 Å². The molecule has 3 heterocycles. The first kappa shape index (κ1) is 33.1. The minimum absolute atomic E-state index is 0.0630. The van der Waals surface area contributed by atoms with Gasteiger partial charge in [-0.2, -0.15) is 10.1 Å². The van der Waals surface area contributed by atoms with Crippen molar-refractivity contribution in [3.05, 3.63) is 65.2 Å². The molecule has 13 nitrogen and oxygen atoms in total. The number of hydrogen-bond acceptors (Lipinski definition) is 11. The average Bonchev–Trinajstić information content (AvgIpc) is 3.38. The van der Waals surface area contributed by atoms with E-state index < -0.39 is 61.4 Å². The molecule has 2 fully saturated rings. The third-order valence-corrected chi connectivity index (χ3v) is 9.55. The third kappa shape index (κ3) is 6.94. The summed E-state index contributed by atoms with van der Waals surface area (Å²) in [5.74, 6) is -1.29. The van der Waals surface area contributed by atoms with Gasteiger partial charge in [0.1, 0.15) is 35.4 Å². The fourth-order valence-electron chi connectivity index (χ4n) is 5.77. The van der Waals surface area contributed by atoms with Gasteiger partial charge in [-0.1, -0.05) is 49.7 Å². The first-order valence-corrected chi connectivity index (χ1v) is 16.6. The molecule has 1 unspecified atom stereocenters. The maximum absolute atomic E-state index is 14.6. The molecule has 0 bridgehead atoms. The van der Waals surface area contributed by atoms with E-state index in [1.54, 1.807) is 39.8 Å². The van der Waals surface area contributed by atoms with E-state index in [1.165, 1.54) is 23.8 Å². The van der Waals surface area contributed by atoms with Crippen LogP contribution >= 0.6 is 7.75 Å². The van der Waals surface area contributed by atoms with Gasteiger partial charge in [0.15, 0.2) is 12.0 Å². The monoisotopic (exact) mass is 644 g/mol. The lowest BCUT2D eigenvalue weighted by molar-refractivity contribution is -0.221. The molecular formula is C31H41N4O9P. The number of anilines is 1. The van der Waals surface area contributed by atoms with Crippen LogP contribution in [-0.4, -0.2) is 57.9 Å². The first-order valence-electron chi connectivity index (χ1n) is 15.0. The van der Waals surface area contributed by atoms with E-state index in [4.69, 9.17) is 33.7 Å². The summed E-state index contributed by atoms with van der Waals surface area (Å²) in [6, 6.07) is 13.2. The summed E-state index contributed by atoms with van der Waals surface area (Å²) < 4.78 is 52.5. The number of ether oxygens (including phenoxy) is 4. The fraction of sp³-hybridized carbons (Fsp3) is 0.516. The molecule has 244 valence electrons. The van der Waals surface area contributed by atoms with Crippen molar-refractivity contribution in [2.75, 3.05) is 12.3 Å². The molecule has 5 rings (SSSR count). The second-order valence-corrected chi connectivity index (χ2v) is 13.6. The Morgan fingerprint density at radius 1 is 1.16 bits per heavy atom. The van der Waals surface area contributed by atoms with Crippen LogP contribution in [0.4, 0.5) is 5.82 Å². The first-order chi connectivity index (χ1) is 21.2. The van der Waals surface area contributed by atoms with Crippen LogP contribution in [0.15, 0.2) is 59.5 Å². The number of fused-ring (bicyclic) bond motifs is 2. The van der Waals surface area contributed by atoms with Gasteiger partial charge in [-0.25, -0.2) is 9.36 Å². The number of aromatic nitrogens is 2. The molecule has 2 aliphatic rings. The van der Waals surface area contributed by atoms with Crippen molar-refractivity contribution in [1.29, 1.82) is 0 Å². The highest BCUT2D eigenvalue weighted by Crippen LogP contribution is 2.54. The van der Waals surface area contributed by atoms with E-state index in [0.29, 0.717) is 17.6 Å². The molecule has 0 aliphatic carbocycles. The van der Waals surface area contributed by atoms with Gasteiger partial charge >= 0.3 is 19.4 Å². The van der Waals surface area contributed by atoms with Gasteiger partial charge in [-0.05, 0) is 58.6 Å². The van der Waals surface area contributed by atoms with Gasteiger partial charge < -0.3 is 29.2 Å². The fourth-order valence-corrected chi connectivity index (χ4v) is 7.48. The van der Waals surface area contributed by atoms with Crippen LogP contribution in [0.1, 0.15) is 60.6 Å². The Bertz CT molecular complexity index is 1640. The van der Waals surface area contributed by atoms with Gasteiger partial charge in [-0.15, -0.1) is 0 Å². The summed E-state index contributed by atoms with van der Waals surface area (Å²) in [5, 5.41) is 4.32. The number of carbonyl (C=O) groups is 1. The zero-order valence-electron chi connectivity index (χ0n) is 26.3. The topological polar surface area (TPSA) is 162 Å². The molecule has 3 aromatic rings. The zero-order valence-corrected chi connectivity index (χ0v) is 27.2. The van der Waals surface area contributed by atoms with Crippen molar-refractivity contribution in [1.82, 2.24) is 14.6 Å². The summed E-state index contributed by atoms with van der Waals surface area (Å²) >= 11 is 0. The minimum Gasteiger partial charge on any atom is -0.465 e. The van der Waals surface area contributed by atoms with Crippen LogP contribution in [0, 0.1) is 0 Å². The predicted molar refractivity (Wildman–Crippen MR) is 166 cm³/mol. The van der Waals surface area contributed by atoms with E-state index >= 15 is 0 Å². The molecular weight excluding hydrogens is 603 g/mol. The number of benzene rings is 2. The summed E-state index contributed by atoms with van der Waals surface area (Å²) in [6.07, 6.45) is -0.597. The lowest BCUT2D eigenvalue weighted by Gasteiger charge is -2.31. The Morgan fingerprint density at radius 3 is 2.62 bits per heavy atom. The van der Waals surface area contributed by atoms with Crippen LogP contribution in [0.25, 0.3) is 10.8 Å². The van der Waals surface area contributed by atoms with Crippen LogP contribution in [0.3, 0.4) is 0 Å². The van der Waals surface area contributed by atoms with Crippen molar-refractivity contribution in [3.63, 3.8) is 0 Å². The van der Waals surface area contributed by atoms with E-state index in [1.807, 2.05) is 37.3 Å². The number of esters is 1. The zero-order chi connectivity index (χ0) is 32.6. The van der Waals surface area contributed by atoms with Crippen LogP contribution in [0.5, 0.6) is 5.75 Å². The summed E-state index contributed by atoms with van der Waals surface area (Å²) in [7, 11) is -4.33. The Morgan fingerprint density at radius 2 is 1.89 bits per heavy atom. The molecule has 7 atom stereocenters. The highest BCUT2D eigenvalue weighted by molar-refractivity contribution is 7.52. The van der Waals surface area contributed by atoms with Gasteiger partial charge in [-0.3, -0.25) is 13.9 Å². The van der Waals surface area contributed by atoms with Crippen molar-refractivity contribution < 1.29 is 37.4 Å². The number of hydrogen-bond donors (Lipinski definition) is 2. The van der Waals surface area contributed by atoms with E-state index in [0.717, 1.165) is 11.8 Å². The second kappa shape index (κ2) is 12.8. The lowest BCUT2D eigenvalue weighted by atomic mass is 9.94. The van der Waals surface area contributed by atoms with Crippen molar-refractivity contribution in [2.24, 2.45) is 0 Å². The largest absolute Gasteiger partial charge is 0.465 e. The number of carbonyl (C=O) groups excluding carboxylic acids is 1. The Kier molecular flexibility index (Phi) is 9.42. The maximum atomic E-state index is 14.6. The smallest absolute Gasteiger partial charge is 0.459 e. The predicted octanol–water partition coefficient (Wildman–Crippen LogP) is 4.70. The van der Waals surface area contributed by atoms with E-state index in [-0.39, 0.29) is 12.4 Å².